The van der Waals surface area contributed by atoms with Gasteiger partial charge in [-0.2, -0.15) is 5.26 Å². The number of nitriles is 1. The summed E-state index contributed by atoms with van der Waals surface area (Å²) < 4.78 is 5.10. The van der Waals surface area contributed by atoms with Crippen LogP contribution in [0.5, 0.6) is 0 Å². The molecule has 2 aromatic rings. The van der Waals surface area contributed by atoms with Crippen molar-refractivity contribution in [3.05, 3.63) is 52.7 Å². The first kappa shape index (κ1) is 13.7. The summed E-state index contributed by atoms with van der Waals surface area (Å²) in [5.74, 6) is 0.376. The number of nitrogens with one attached hydrogen (secondary N) is 2. The summed E-state index contributed by atoms with van der Waals surface area (Å²) in [6, 6.07) is 11.5. The van der Waals surface area contributed by atoms with Crippen LogP contribution in [0.25, 0.3) is 0 Å². The second kappa shape index (κ2) is 5.93. The first-order chi connectivity index (χ1) is 9.61. The van der Waals surface area contributed by atoms with Gasteiger partial charge in [0.25, 0.3) is 0 Å². The van der Waals surface area contributed by atoms with Crippen molar-refractivity contribution in [2.45, 2.75) is 20.5 Å². The molecule has 0 fully saturated rings. The molecule has 0 aliphatic carbocycles. The maximum atomic E-state index is 11.7. The third-order valence-electron chi connectivity index (χ3n) is 3.05. The van der Waals surface area contributed by atoms with E-state index in [4.69, 9.17) is 10.00 Å². The Hall–Kier alpha value is -2.74. The summed E-state index contributed by atoms with van der Waals surface area (Å²) in [4.78, 5) is 14.7. The van der Waals surface area contributed by atoms with Crippen molar-refractivity contribution in [1.82, 2.24) is 4.98 Å². The van der Waals surface area contributed by atoms with Gasteiger partial charge in [-0.25, -0.2) is 4.79 Å². The largest absolute Gasteiger partial charge is 0.444 e. The average molecular weight is 269 g/mol. The molecule has 0 saturated carbocycles. The van der Waals surface area contributed by atoms with Crippen molar-refractivity contribution >= 4 is 11.9 Å². The molecule has 0 bridgehead atoms. The maximum Gasteiger partial charge on any atom is 0.413 e. The fourth-order valence-corrected chi connectivity index (χ4v) is 1.81. The third kappa shape index (κ3) is 2.98. The van der Waals surface area contributed by atoms with Gasteiger partial charge in [-0.05, 0) is 25.0 Å². The minimum absolute atomic E-state index is 0.188. The van der Waals surface area contributed by atoms with Crippen molar-refractivity contribution in [2.75, 3.05) is 5.32 Å². The zero-order chi connectivity index (χ0) is 14.5. The monoisotopic (exact) mass is 269 g/mol. The lowest BCUT2D eigenvalue weighted by Gasteiger charge is -2.06. The van der Waals surface area contributed by atoms with E-state index in [1.807, 2.05) is 44.2 Å². The van der Waals surface area contributed by atoms with Crippen molar-refractivity contribution < 1.29 is 9.53 Å². The smallest absolute Gasteiger partial charge is 0.413 e. The Labute approximate surface area is 117 Å². The third-order valence-corrected chi connectivity index (χ3v) is 3.05. The molecule has 0 atom stereocenters. The number of aromatic nitrogens is 1. The highest BCUT2D eigenvalue weighted by atomic mass is 16.5. The van der Waals surface area contributed by atoms with Crippen LogP contribution in [-0.4, -0.2) is 11.1 Å². The number of aryl methyl sites for hydroxylation is 1. The standard InChI is InChI=1S/C15H15N3O2/c1-10-11(2)17-14(13(10)8-16)18-15(19)20-9-12-6-4-3-5-7-12/h3-7,17H,9H2,1-2H3,(H,18,19). The van der Waals surface area contributed by atoms with Gasteiger partial charge >= 0.3 is 6.09 Å². The Morgan fingerprint density at radius 3 is 2.70 bits per heavy atom. The number of aromatic amines is 1. The highest BCUT2D eigenvalue weighted by Crippen LogP contribution is 2.21. The minimum Gasteiger partial charge on any atom is -0.444 e. The number of nitrogens with zero attached hydrogens (tertiary/aromatic N) is 1. The number of carbonyl (C=O) groups excluding carboxylic acids is 1. The van der Waals surface area contributed by atoms with Crippen LogP contribution in [-0.2, 0) is 11.3 Å². The highest BCUT2D eigenvalue weighted by Gasteiger charge is 2.14. The van der Waals surface area contributed by atoms with Crippen LogP contribution < -0.4 is 5.32 Å². The number of H-pyrrole nitrogens is 1. The molecule has 20 heavy (non-hydrogen) atoms. The number of benzene rings is 1. The van der Waals surface area contributed by atoms with E-state index >= 15 is 0 Å². The summed E-state index contributed by atoms with van der Waals surface area (Å²) in [6.07, 6.45) is -0.591. The first-order valence-corrected chi connectivity index (χ1v) is 6.18. The average Bonchev–Trinajstić information content (AvgIpc) is 2.72. The van der Waals surface area contributed by atoms with Crippen molar-refractivity contribution in [3.63, 3.8) is 0 Å². The van der Waals surface area contributed by atoms with Crippen LogP contribution >= 0.6 is 0 Å². The molecular formula is C15H15N3O2. The van der Waals surface area contributed by atoms with E-state index in [0.717, 1.165) is 16.8 Å². The van der Waals surface area contributed by atoms with Gasteiger partial charge in [0.15, 0.2) is 0 Å². The molecule has 0 spiro atoms. The molecule has 0 unspecified atom stereocenters. The number of rotatable bonds is 3. The van der Waals surface area contributed by atoms with E-state index in [0.29, 0.717) is 11.4 Å². The number of carbonyl (C=O) groups is 1. The van der Waals surface area contributed by atoms with Gasteiger partial charge < -0.3 is 9.72 Å². The van der Waals surface area contributed by atoms with Crippen molar-refractivity contribution in [1.29, 1.82) is 5.26 Å². The molecule has 2 N–H and O–H groups in total. The predicted octanol–water partition coefficient (Wildman–Crippen LogP) is 3.25. The Balaban J connectivity index is 1.99. The lowest BCUT2D eigenvalue weighted by Crippen LogP contribution is -2.14. The fraction of sp³-hybridized carbons (Fsp3) is 0.200. The predicted molar refractivity (Wildman–Crippen MR) is 75.2 cm³/mol. The van der Waals surface area contributed by atoms with Crippen LogP contribution in [0, 0.1) is 25.2 Å². The Kier molecular flexibility index (Phi) is 4.06. The summed E-state index contributed by atoms with van der Waals surface area (Å²) in [7, 11) is 0. The summed E-state index contributed by atoms with van der Waals surface area (Å²) >= 11 is 0. The van der Waals surface area contributed by atoms with Gasteiger partial charge in [0.2, 0.25) is 0 Å². The number of amides is 1. The van der Waals surface area contributed by atoms with Gasteiger partial charge in [0.1, 0.15) is 18.5 Å². The van der Waals surface area contributed by atoms with Crippen molar-refractivity contribution in [3.8, 4) is 6.07 Å². The number of hydrogen-bond acceptors (Lipinski definition) is 3. The van der Waals surface area contributed by atoms with Crippen molar-refractivity contribution in [2.24, 2.45) is 0 Å². The molecule has 0 aliphatic rings. The number of hydrogen-bond donors (Lipinski definition) is 2. The molecule has 0 radical (unpaired) electrons. The fourth-order valence-electron chi connectivity index (χ4n) is 1.81. The lowest BCUT2D eigenvalue weighted by molar-refractivity contribution is 0.155. The molecular weight excluding hydrogens is 254 g/mol. The minimum atomic E-state index is -0.591. The molecule has 1 heterocycles. The second-order valence-corrected chi connectivity index (χ2v) is 4.42. The number of ether oxygens (including phenoxy) is 1. The lowest BCUT2D eigenvalue weighted by atomic mass is 10.2. The first-order valence-electron chi connectivity index (χ1n) is 6.18. The molecule has 1 aromatic carbocycles. The molecule has 5 heteroatoms. The SMILES string of the molecule is Cc1[nH]c(NC(=O)OCc2ccccc2)c(C#N)c1C. The molecule has 1 amide bonds. The molecule has 5 nitrogen and oxygen atoms in total. The molecule has 1 aromatic heterocycles. The van der Waals surface area contributed by atoms with Gasteiger partial charge in [-0.3, -0.25) is 5.32 Å². The van der Waals surface area contributed by atoms with Crippen LogP contribution in [0.4, 0.5) is 10.6 Å². The second-order valence-electron chi connectivity index (χ2n) is 4.42. The van der Waals surface area contributed by atoms with E-state index in [1.165, 1.54) is 0 Å². The van der Waals surface area contributed by atoms with E-state index in [-0.39, 0.29) is 6.61 Å². The highest BCUT2D eigenvalue weighted by molar-refractivity contribution is 5.85. The summed E-state index contributed by atoms with van der Waals surface area (Å²) in [5, 5.41) is 11.6. The van der Waals surface area contributed by atoms with E-state index in [9.17, 15) is 4.79 Å². The van der Waals surface area contributed by atoms with Crippen LogP contribution in [0.2, 0.25) is 0 Å². The molecule has 2 rings (SSSR count). The Bertz CT molecular complexity index is 654. The topological polar surface area (TPSA) is 77.9 Å². The van der Waals surface area contributed by atoms with Gasteiger partial charge in [-0.15, -0.1) is 0 Å². The van der Waals surface area contributed by atoms with Gasteiger partial charge in [0, 0.05) is 5.69 Å². The van der Waals surface area contributed by atoms with Gasteiger partial charge in [0.05, 0.1) is 5.56 Å². The van der Waals surface area contributed by atoms with Gasteiger partial charge in [-0.1, -0.05) is 30.3 Å². The quantitative estimate of drug-likeness (QED) is 0.897. The molecule has 0 saturated heterocycles. The summed E-state index contributed by atoms with van der Waals surface area (Å²) in [6.45, 7) is 3.86. The zero-order valence-electron chi connectivity index (χ0n) is 11.4. The van der Waals surface area contributed by atoms with E-state index in [1.54, 1.807) is 0 Å². The van der Waals surface area contributed by atoms with E-state index in [2.05, 4.69) is 16.4 Å². The van der Waals surface area contributed by atoms with Crippen LogP contribution in [0.1, 0.15) is 22.4 Å². The Morgan fingerprint density at radius 1 is 1.35 bits per heavy atom. The van der Waals surface area contributed by atoms with Crippen LogP contribution in [0.15, 0.2) is 30.3 Å². The molecule has 0 aliphatic heterocycles. The summed E-state index contributed by atoms with van der Waals surface area (Å²) in [5.41, 5.74) is 3.01. The van der Waals surface area contributed by atoms with E-state index < -0.39 is 6.09 Å². The Morgan fingerprint density at radius 2 is 2.05 bits per heavy atom. The molecule has 102 valence electrons. The number of anilines is 1. The maximum absolute atomic E-state index is 11.7. The van der Waals surface area contributed by atoms with Crippen LogP contribution in [0.3, 0.4) is 0 Å². The normalized spacial score (nSPS) is 9.85. The zero-order valence-corrected chi connectivity index (χ0v) is 11.4.